The molecule has 0 radical (unpaired) electrons. The maximum atomic E-state index is 12.1. The standard InChI is InChI=1S/C19H17NO4/c1-13-2-8-16(9-3-13)24-19(23)15-6-4-14(5-7-15)12-20-17(21)10-11-18(20)22/h2-9H,10-12H2,1H3. The fourth-order valence-electron chi connectivity index (χ4n) is 2.50. The highest BCUT2D eigenvalue weighted by Gasteiger charge is 2.28. The molecular weight excluding hydrogens is 306 g/mol. The molecule has 0 bridgehead atoms. The molecule has 1 saturated heterocycles. The molecule has 1 aliphatic heterocycles. The number of ether oxygens (including phenoxy) is 1. The van der Waals surface area contributed by atoms with Crippen molar-refractivity contribution in [3.63, 3.8) is 0 Å². The zero-order valence-corrected chi connectivity index (χ0v) is 13.3. The van der Waals surface area contributed by atoms with Crippen molar-refractivity contribution in [2.75, 3.05) is 0 Å². The molecule has 2 aromatic rings. The fraction of sp³-hybridized carbons (Fsp3) is 0.211. The number of carbonyl (C=O) groups is 3. The number of rotatable bonds is 4. The zero-order chi connectivity index (χ0) is 17.1. The molecule has 1 heterocycles. The lowest BCUT2D eigenvalue weighted by Gasteiger charge is -2.13. The average molecular weight is 323 g/mol. The first-order valence-corrected chi connectivity index (χ1v) is 7.74. The van der Waals surface area contributed by atoms with Crippen LogP contribution in [0, 0.1) is 6.92 Å². The number of likely N-dealkylation sites (tertiary alicyclic amines) is 1. The minimum absolute atomic E-state index is 0.150. The van der Waals surface area contributed by atoms with Crippen LogP contribution in [-0.4, -0.2) is 22.7 Å². The van der Waals surface area contributed by atoms with E-state index in [1.165, 1.54) is 4.90 Å². The van der Waals surface area contributed by atoms with E-state index in [0.29, 0.717) is 11.3 Å². The summed E-state index contributed by atoms with van der Waals surface area (Å²) >= 11 is 0. The molecule has 0 unspecified atom stereocenters. The van der Waals surface area contributed by atoms with Gasteiger partial charge in [0.15, 0.2) is 0 Å². The first-order chi connectivity index (χ1) is 11.5. The molecule has 1 fully saturated rings. The molecule has 5 nitrogen and oxygen atoms in total. The molecule has 5 heteroatoms. The van der Waals surface area contributed by atoms with Gasteiger partial charge in [-0.1, -0.05) is 29.8 Å². The van der Waals surface area contributed by atoms with Crippen LogP contribution in [0.4, 0.5) is 0 Å². The predicted octanol–water partition coefficient (Wildman–Crippen LogP) is 2.86. The lowest BCUT2D eigenvalue weighted by Crippen LogP contribution is -2.28. The summed E-state index contributed by atoms with van der Waals surface area (Å²) < 4.78 is 5.31. The maximum Gasteiger partial charge on any atom is 0.343 e. The molecule has 0 aromatic heterocycles. The molecule has 0 saturated carbocycles. The number of imide groups is 1. The molecule has 2 aromatic carbocycles. The Morgan fingerprint density at radius 2 is 1.54 bits per heavy atom. The van der Waals surface area contributed by atoms with E-state index < -0.39 is 5.97 Å². The Morgan fingerprint density at radius 1 is 0.958 bits per heavy atom. The van der Waals surface area contributed by atoms with Crippen molar-refractivity contribution < 1.29 is 19.1 Å². The Labute approximate surface area is 139 Å². The quantitative estimate of drug-likeness (QED) is 0.493. The highest BCUT2D eigenvalue weighted by molar-refractivity contribution is 6.01. The Balaban J connectivity index is 1.65. The zero-order valence-electron chi connectivity index (χ0n) is 13.3. The molecule has 2 amide bonds. The van der Waals surface area contributed by atoms with Gasteiger partial charge < -0.3 is 4.74 Å². The Morgan fingerprint density at radius 3 is 2.12 bits per heavy atom. The number of amides is 2. The summed E-state index contributed by atoms with van der Waals surface area (Å²) in [6.07, 6.45) is 0.555. The van der Waals surface area contributed by atoms with Gasteiger partial charge in [-0.05, 0) is 36.8 Å². The van der Waals surface area contributed by atoms with Gasteiger partial charge >= 0.3 is 5.97 Å². The van der Waals surface area contributed by atoms with Crippen molar-refractivity contribution in [1.29, 1.82) is 0 Å². The van der Waals surface area contributed by atoms with Gasteiger partial charge in [0, 0.05) is 12.8 Å². The van der Waals surface area contributed by atoms with E-state index in [4.69, 9.17) is 4.74 Å². The largest absolute Gasteiger partial charge is 0.423 e. The third-order valence-corrected chi connectivity index (χ3v) is 3.92. The van der Waals surface area contributed by atoms with Gasteiger partial charge in [0.2, 0.25) is 11.8 Å². The lowest BCUT2D eigenvalue weighted by atomic mass is 10.1. The third kappa shape index (κ3) is 3.51. The lowest BCUT2D eigenvalue weighted by molar-refractivity contribution is -0.139. The minimum Gasteiger partial charge on any atom is -0.423 e. The van der Waals surface area contributed by atoms with Crippen molar-refractivity contribution >= 4 is 17.8 Å². The van der Waals surface area contributed by atoms with E-state index in [1.54, 1.807) is 36.4 Å². The van der Waals surface area contributed by atoms with Crippen molar-refractivity contribution in [3.05, 3.63) is 65.2 Å². The second kappa shape index (κ2) is 6.66. The molecule has 0 N–H and O–H groups in total. The molecule has 24 heavy (non-hydrogen) atoms. The van der Waals surface area contributed by atoms with Crippen LogP contribution in [0.3, 0.4) is 0 Å². The first-order valence-electron chi connectivity index (χ1n) is 7.74. The van der Waals surface area contributed by atoms with Crippen LogP contribution < -0.4 is 4.74 Å². The number of carbonyl (C=O) groups excluding carboxylic acids is 3. The van der Waals surface area contributed by atoms with Crippen LogP contribution in [0.1, 0.15) is 34.3 Å². The molecule has 3 rings (SSSR count). The van der Waals surface area contributed by atoms with Crippen LogP contribution in [0.15, 0.2) is 48.5 Å². The number of benzene rings is 2. The normalized spacial score (nSPS) is 14.1. The van der Waals surface area contributed by atoms with Crippen molar-refractivity contribution in [3.8, 4) is 5.75 Å². The third-order valence-electron chi connectivity index (χ3n) is 3.92. The SMILES string of the molecule is Cc1ccc(OC(=O)c2ccc(CN3C(=O)CCC3=O)cc2)cc1. The van der Waals surface area contributed by atoms with Gasteiger partial charge in [-0.15, -0.1) is 0 Å². The van der Waals surface area contributed by atoms with E-state index in [0.717, 1.165) is 11.1 Å². The van der Waals surface area contributed by atoms with Crippen LogP contribution in [0.5, 0.6) is 5.75 Å². The van der Waals surface area contributed by atoms with Crippen LogP contribution >= 0.6 is 0 Å². The van der Waals surface area contributed by atoms with Gasteiger partial charge in [0.25, 0.3) is 0 Å². The highest BCUT2D eigenvalue weighted by Crippen LogP contribution is 2.17. The fourth-order valence-corrected chi connectivity index (χ4v) is 2.50. The summed E-state index contributed by atoms with van der Waals surface area (Å²) in [5, 5.41) is 0. The predicted molar refractivity (Wildman–Crippen MR) is 87.4 cm³/mol. The summed E-state index contributed by atoms with van der Waals surface area (Å²) in [7, 11) is 0. The van der Waals surface area contributed by atoms with Crippen LogP contribution in [-0.2, 0) is 16.1 Å². The Bertz CT molecular complexity index is 762. The summed E-state index contributed by atoms with van der Waals surface area (Å²) in [6, 6.07) is 14.0. The van der Waals surface area contributed by atoms with Crippen molar-refractivity contribution in [1.82, 2.24) is 4.90 Å². The van der Waals surface area contributed by atoms with Gasteiger partial charge in [-0.25, -0.2) is 4.79 Å². The first kappa shape index (κ1) is 15.9. The second-order valence-corrected chi connectivity index (χ2v) is 5.77. The maximum absolute atomic E-state index is 12.1. The number of hydrogen-bond donors (Lipinski definition) is 0. The topological polar surface area (TPSA) is 63.7 Å². The highest BCUT2D eigenvalue weighted by atomic mass is 16.5. The van der Waals surface area contributed by atoms with Gasteiger partial charge in [0.05, 0.1) is 12.1 Å². The number of esters is 1. The van der Waals surface area contributed by atoms with Crippen molar-refractivity contribution in [2.45, 2.75) is 26.3 Å². The van der Waals surface area contributed by atoms with Gasteiger partial charge in [0.1, 0.15) is 5.75 Å². The number of nitrogens with zero attached hydrogens (tertiary/aromatic N) is 1. The molecule has 0 spiro atoms. The van der Waals surface area contributed by atoms with Crippen molar-refractivity contribution in [2.24, 2.45) is 0 Å². The summed E-state index contributed by atoms with van der Waals surface area (Å²) in [5.74, 6) is -0.257. The van der Waals surface area contributed by atoms with E-state index in [-0.39, 0.29) is 31.2 Å². The smallest absolute Gasteiger partial charge is 0.343 e. The molecule has 1 aliphatic rings. The minimum atomic E-state index is -0.446. The number of hydrogen-bond acceptors (Lipinski definition) is 4. The molecule has 122 valence electrons. The van der Waals surface area contributed by atoms with E-state index >= 15 is 0 Å². The molecular formula is C19H17NO4. The summed E-state index contributed by atoms with van der Waals surface area (Å²) in [5.41, 5.74) is 2.30. The molecule has 0 aliphatic carbocycles. The second-order valence-electron chi connectivity index (χ2n) is 5.77. The van der Waals surface area contributed by atoms with E-state index in [1.807, 2.05) is 19.1 Å². The van der Waals surface area contributed by atoms with Gasteiger partial charge in [-0.3, -0.25) is 14.5 Å². The number of aryl methyl sites for hydroxylation is 1. The van der Waals surface area contributed by atoms with Crippen LogP contribution in [0.2, 0.25) is 0 Å². The van der Waals surface area contributed by atoms with E-state index in [2.05, 4.69) is 0 Å². The Kier molecular flexibility index (Phi) is 4.42. The summed E-state index contributed by atoms with van der Waals surface area (Å²) in [6.45, 7) is 2.20. The van der Waals surface area contributed by atoms with Gasteiger partial charge in [-0.2, -0.15) is 0 Å². The monoisotopic (exact) mass is 323 g/mol. The molecule has 0 atom stereocenters. The average Bonchev–Trinajstić information content (AvgIpc) is 2.89. The van der Waals surface area contributed by atoms with Crippen LogP contribution in [0.25, 0.3) is 0 Å². The Hall–Kier alpha value is -2.95. The summed E-state index contributed by atoms with van der Waals surface area (Å²) in [4.78, 5) is 36.6. The van der Waals surface area contributed by atoms with E-state index in [9.17, 15) is 14.4 Å².